The maximum Gasteiger partial charge on any atom is 0.261 e. The Kier molecular flexibility index (Phi) is 5.26. The van der Waals surface area contributed by atoms with Crippen LogP contribution in [0.25, 0.3) is 0 Å². The number of amides is 1. The van der Waals surface area contributed by atoms with Gasteiger partial charge < -0.3 is 0 Å². The monoisotopic (exact) mass is 364 g/mol. The SMILES string of the molecule is O=C(c1cc(Cl)ccc1Cl)N1CCN=C1SCc1ccccc1. The van der Waals surface area contributed by atoms with Crippen molar-refractivity contribution in [3.63, 3.8) is 0 Å². The van der Waals surface area contributed by atoms with Crippen molar-refractivity contribution < 1.29 is 4.79 Å². The molecule has 2 aromatic rings. The molecule has 0 atom stereocenters. The maximum absolute atomic E-state index is 12.7. The Balaban J connectivity index is 1.73. The van der Waals surface area contributed by atoms with Crippen LogP contribution in [0.5, 0.6) is 0 Å². The molecule has 1 amide bonds. The van der Waals surface area contributed by atoms with Gasteiger partial charge in [-0.15, -0.1) is 0 Å². The average molecular weight is 365 g/mol. The molecule has 0 saturated heterocycles. The summed E-state index contributed by atoms with van der Waals surface area (Å²) >= 11 is 13.7. The van der Waals surface area contributed by atoms with Gasteiger partial charge in [0.05, 0.1) is 17.1 Å². The first-order chi connectivity index (χ1) is 11.1. The van der Waals surface area contributed by atoms with Gasteiger partial charge in [0.1, 0.15) is 0 Å². The van der Waals surface area contributed by atoms with Crippen molar-refractivity contribution in [1.29, 1.82) is 0 Å². The number of benzene rings is 2. The molecule has 3 rings (SSSR count). The number of aliphatic imine (C=N–C) groups is 1. The first-order valence-electron chi connectivity index (χ1n) is 7.13. The van der Waals surface area contributed by atoms with E-state index in [1.165, 1.54) is 5.56 Å². The Bertz CT molecular complexity index is 750. The molecule has 6 heteroatoms. The summed E-state index contributed by atoms with van der Waals surface area (Å²) in [6.45, 7) is 1.18. The number of amidine groups is 1. The summed E-state index contributed by atoms with van der Waals surface area (Å²) in [4.78, 5) is 18.8. The Morgan fingerprint density at radius 1 is 1.17 bits per heavy atom. The minimum Gasteiger partial charge on any atom is -0.286 e. The molecule has 1 heterocycles. The molecular weight excluding hydrogens is 351 g/mol. The Morgan fingerprint density at radius 3 is 2.74 bits per heavy atom. The second kappa shape index (κ2) is 7.39. The molecule has 0 fully saturated rings. The normalized spacial score (nSPS) is 14.0. The molecule has 1 aliphatic rings. The van der Waals surface area contributed by atoms with Crippen LogP contribution in [-0.2, 0) is 5.75 Å². The highest BCUT2D eigenvalue weighted by molar-refractivity contribution is 8.13. The maximum atomic E-state index is 12.7. The van der Waals surface area contributed by atoms with E-state index in [4.69, 9.17) is 23.2 Å². The van der Waals surface area contributed by atoms with Gasteiger partial charge in [0, 0.05) is 17.3 Å². The van der Waals surface area contributed by atoms with Gasteiger partial charge in [0.15, 0.2) is 5.17 Å². The van der Waals surface area contributed by atoms with E-state index in [2.05, 4.69) is 17.1 Å². The molecule has 23 heavy (non-hydrogen) atoms. The van der Waals surface area contributed by atoms with Crippen molar-refractivity contribution in [3.05, 3.63) is 69.7 Å². The van der Waals surface area contributed by atoms with Crippen LogP contribution in [0.3, 0.4) is 0 Å². The number of halogens is 2. The lowest BCUT2D eigenvalue weighted by molar-refractivity contribution is 0.0861. The summed E-state index contributed by atoms with van der Waals surface area (Å²) in [6.07, 6.45) is 0. The largest absolute Gasteiger partial charge is 0.286 e. The average Bonchev–Trinajstić information content (AvgIpc) is 3.04. The first kappa shape index (κ1) is 16.4. The zero-order chi connectivity index (χ0) is 16.2. The molecule has 118 valence electrons. The van der Waals surface area contributed by atoms with Crippen LogP contribution >= 0.6 is 35.0 Å². The van der Waals surface area contributed by atoms with Crippen LogP contribution in [0.4, 0.5) is 0 Å². The molecule has 0 spiro atoms. The van der Waals surface area contributed by atoms with Crippen LogP contribution in [-0.4, -0.2) is 29.1 Å². The molecule has 3 nitrogen and oxygen atoms in total. The highest BCUT2D eigenvalue weighted by Crippen LogP contribution is 2.26. The third kappa shape index (κ3) is 3.89. The zero-order valence-electron chi connectivity index (χ0n) is 12.2. The van der Waals surface area contributed by atoms with Gasteiger partial charge in [-0.2, -0.15) is 0 Å². The molecule has 0 N–H and O–H groups in total. The lowest BCUT2D eigenvalue weighted by atomic mass is 10.2. The van der Waals surface area contributed by atoms with E-state index in [1.807, 2.05) is 18.2 Å². The van der Waals surface area contributed by atoms with Crippen LogP contribution in [0.2, 0.25) is 10.0 Å². The number of hydrogen-bond donors (Lipinski definition) is 0. The summed E-state index contributed by atoms with van der Waals surface area (Å²) in [5.41, 5.74) is 1.61. The lowest BCUT2D eigenvalue weighted by Gasteiger charge is -2.18. The molecule has 0 aliphatic carbocycles. The molecule has 2 aromatic carbocycles. The van der Waals surface area contributed by atoms with Crippen molar-refractivity contribution in [2.45, 2.75) is 5.75 Å². The number of carbonyl (C=O) groups excluding carboxylic acids is 1. The topological polar surface area (TPSA) is 32.7 Å². The van der Waals surface area contributed by atoms with Crippen molar-refractivity contribution in [2.24, 2.45) is 4.99 Å². The quantitative estimate of drug-likeness (QED) is 0.787. The van der Waals surface area contributed by atoms with Crippen molar-refractivity contribution in [2.75, 3.05) is 13.1 Å². The molecule has 0 unspecified atom stereocenters. The lowest BCUT2D eigenvalue weighted by Crippen LogP contribution is -2.33. The van der Waals surface area contributed by atoms with E-state index in [1.54, 1.807) is 34.9 Å². The standard InChI is InChI=1S/C17H14Cl2N2OS/c18-13-6-7-15(19)14(10-13)16(22)21-9-8-20-17(21)23-11-12-4-2-1-3-5-12/h1-7,10H,8-9,11H2. The smallest absolute Gasteiger partial charge is 0.261 e. The number of hydrogen-bond acceptors (Lipinski definition) is 3. The third-order valence-electron chi connectivity index (χ3n) is 3.42. The van der Waals surface area contributed by atoms with Crippen LogP contribution < -0.4 is 0 Å². The second-order valence-corrected chi connectivity index (χ2v) is 6.81. The fraction of sp³-hybridized carbons (Fsp3) is 0.176. The number of rotatable bonds is 3. The summed E-state index contributed by atoms with van der Waals surface area (Å²) in [6, 6.07) is 15.0. The number of nitrogens with zero attached hydrogens (tertiary/aromatic N) is 2. The van der Waals surface area contributed by atoms with E-state index >= 15 is 0 Å². The molecule has 0 aromatic heterocycles. The van der Waals surface area contributed by atoms with Gasteiger partial charge >= 0.3 is 0 Å². The molecule has 0 radical (unpaired) electrons. The summed E-state index contributed by atoms with van der Waals surface area (Å²) < 4.78 is 0. The third-order valence-corrected chi connectivity index (χ3v) is 5.07. The van der Waals surface area contributed by atoms with Crippen LogP contribution in [0, 0.1) is 0 Å². The van der Waals surface area contributed by atoms with Crippen molar-refractivity contribution in [3.8, 4) is 0 Å². The number of thioether (sulfide) groups is 1. The Hall–Kier alpha value is -1.49. The van der Waals surface area contributed by atoms with Gasteiger partial charge in [-0.3, -0.25) is 14.7 Å². The van der Waals surface area contributed by atoms with Gasteiger partial charge in [0.25, 0.3) is 5.91 Å². The van der Waals surface area contributed by atoms with Gasteiger partial charge in [-0.1, -0.05) is 65.3 Å². The Morgan fingerprint density at radius 2 is 1.96 bits per heavy atom. The first-order valence-corrected chi connectivity index (χ1v) is 8.87. The fourth-order valence-electron chi connectivity index (χ4n) is 2.27. The zero-order valence-corrected chi connectivity index (χ0v) is 14.5. The van der Waals surface area contributed by atoms with E-state index in [9.17, 15) is 4.79 Å². The molecule has 1 aliphatic heterocycles. The molecule has 0 saturated carbocycles. The van der Waals surface area contributed by atoms with Crippen molar-refractivity contribution in [1.82, 2.24) is 4.90 Å². The molecule has 0 bridgehead atoms. The molecular formula is C17H14Cl2N2OS. The van der Waals surface area contributed by atoms with Crippen LogP contribution in [0.15, 0.2) is 53.5 Å². The van der Waals surface area contributed by atoms with Crippen LogP contribution in [0.1, 0.15) is 15.9 Å². The predicted octanol–water partition coefficient (Wildman–Crippen LogP) is 4.74. The van der Waals surface area contributed by atoms with Gasteiger partial charge in [-0.05, 0) is 23.8 Å². The highest BCUT2D eigenvalue weighted by Gasteiger charge is 2.26. The fourth-order valence-corrected chi connectivity index (χ4v) is 3.64. The predicted molar refractivity (Wildman–Crippen MR) is 97.5 cm³/mol. The van der Waals surface area contributed by atoms with E-state index in [-0.39, 0.29) is 5.91 Å². The van der Waals surface area contributed by atoms with E-state index < -0.39 is 0 Å². The van der Waals surface area contributed by atoms with Gasteiger partial charge in [-0.25, -0.2) is 0 Å². The van der Waals surface area contributed by atoms with E-state index in [0.717, 1.165) is 10.9 Å². The number of carbonyl (C=O) groups is 1. The summed E-state index contributed by atoms with van der Waals surface area (Å²) in [5, 5.41) is 1.63. The summed E-state index contributed by atoms with van der Waals surface area (Å²) in [7, 11) is 0. The second-order valence-electron chi connectivity index (χ2n) is 5.02. The minimum atomic E-state index is -0.158. The summed E-state index contributed by atoms with van der Waals surface area (Å²) in [5.74, 6) is 0.613. The van der Waals surface area contributed by atoms with Crippen molar-refractivity contribution >= 4 is 46.0 Å². The Labute approximate surface area is 149 Å². The van der Waals surface area contributed by atoms with Gasteiger partial charge in [0.2, 0.25) is 0 Å². The van der Waals surface area contributed by atoms with E-state index in [0.29, 0.717) is 28.7 Å². The highest BCUT2D eigenvalue weighted by atomic mass is 35.5. The minimum absolute atomic E-state index is 0.158.